The molecule has 6 heteroatoms. The van der Waals surface area contributed by atoms with Gasteiger partial charge in [-0.25, -0.2) is 9.98 Å². The molecule has 0 atom stereocenters. The number of hydrogen-bond donors (Lipinski definition) is 0. The summed E-state index contributed by atoms with van der Waals surface area (Å²) in [5.74, 6) is 2.15. The van der Waals surface area contributed by atoms with E-state index in [4.69, 9.17) is 9.98 Å². The first-order valence-electron chi connectivity index (χ1n) is 8.69. The summed E-state index contributed by atoms with van der Waals surface area (Å²) in [4.78, 5) is 9.63. The Hall–Kier alpha value is -0.820. The van der Waals surface area contributed by atoms with Crippen LogP contribution < -0.4 is 0 Å². The summed E-state index contributed by atoms with van der Waals surface area (Å²) in [7, 11) is 3.42. The lowest BCUT2D eigenvalue weighted by molar-refractivity contribution is 1.11. The van der Waals surface area contributed by atoms with Gasteiger partial charge in [0.1, 0.15) is 8.75 Å². The Bertz CT molecular complexity index is 626. The molecule has 2 nitrogen and oxygen atoms in total. The number of thioether (sulfide) groups is 2. The maximum absolute atomic E-state index is 4.81. The van der Waals surface area contributed by atoms with Crippen molar-refractivity contribution in [2.24, 2.45) is 9.98 Å². The van der Waals surface area contributed by atoms with Crippen LogP contribution in [0.25, 0.3) is 0 Å². The van der Waals surface area contributed by atoms with Crippen molar-refractivity contribution in [1.29, 1.82) is 0 Å². The molecule has 0 unspecified atom stereocenters. The lowest BCUT2D eigenvalue weighted by Gasteiger charge is -2.07. The fourth-order valence-electron chi connectivity index (χ4n) is 1.82. The van der Waals surface area contributed by atoms with Gasteiger partial charge in [0.25, 0.3) is 0 Å². The van der Waals surface area contributed by atoms with Gasteiger partial charge in [-0.1, -0.05) is 73.8 Å². The molecule has 0 spiro atoms. The molecule has 0 radical (unpaired) electrons. The summed E-state index contributed by atoms with van der Waals surface area (Å²) < 4.78 is 2.17. The van der Waals surface area contributed by atoms with Gasteiger partial charge in [0, 0.05) is 0 Å². The Labute approximate surface area is 173 Å². The summed E-state index contributed by atoms with van der Waals surface area (Å²) in [6, 6.07) is 20.3. The van der Waals surface area contributed by atoms with Crippen molar-refractivity contribution in [2.75, 3.05) is 11.5 Å². The zero-order chi connectivity index (χ0) is 18.5. The Kier molecular flexibility index (Phi) is 11.0. The van der Waals surface area contributed by atoms with Crippen molar-refractivity contribution < 1.29 is 0 Å². The molecule has 0 N–H and O–H groups in total. The average Bonchev–Trinajstić information content (AvgIpc) is 2.69. The Balaban J connectivity index is 2.09. The van der Waals surface area contributed by atoms with Crippen molar-refractivity contribution in [1.82, 2.24) is 0 Å². The van der Waals surface area contributed by atoms with E-state index in [1.54, 1.807) is 21.6 Å². The minimum Gasteiger partial charge on any atom is -0.234 e. The molecule has 2 rings (SSSR count). The molecule has 2 aromatic rings. The summed E-state index contributed by atoms with van der Waals surface area (Å²) in [6.45, 7) is 4.40. The fourth-order valence-corrected chi connectivity index (χ4v) is 6.36. The monoisotopic (exact) mass is 420 g/mol. The van der Waals surface area contributed by atoms with E-state index in [1.165, 1.54) is 0 Å². The van der Waals surface area contributed by atoms with Gasteiger partial charge in [-0.2, -0.15) is 0 Å². The quantitative estimate of drug-likeness (QED) is 0.268. The molecule has 0 saturated heterocycles. The van der Waals surface area contributed by atoms with E-state index in [0.29, 0.717) is 0 Å². The molecule has 0 heterocycles. The van der Waals surface area contributed by atoms with Crippen LogP contribution in [0.2, 0.25) is 0 Å². The van der Waals surface area contributed by atoms with Crippen molar-refractivity contribution in [2.45, 2.75) is 26.7 Å². The number of benzene rings is 2. The zero-order valence-corrected chi connectivity index (χ0v) is 18.4. The number of hydrogen-bond acceptors (Lipinski definition) is 6. The van der Waals surface area contributed by atoms with E-state index in [-0.39, 0.29) is 0 Å². The van der Waals surface area contributed by atoms with Crippen LogP contribution in [0.5, 0.6) is 0 Å². The van der Waals surface area contributed by atoms with Crippen molar-refractivity contribution in [3.8, 4) is 0 Å². The number of aliphatic imine (C=N–C) groups is 2. The highest BCUT2D eigenvalue weighted by Gasteiger charge is 2.08. The number of nitrogens with zero attached hydrogens (tertiary/aromatic N) is 2. The van der Waals surface area contributed by atoms with Gasteiger partial charge in [0.15, 0.2) is 0 Å². The summed E-state index contributed by atoms with van der Waals surface area (Å²) in [5.41, 5.74) is 2.00. The van der Waals surface area contributed by atoms with Gasteiger partial charge < -0.3 is 0 Å². The Morgan fingerprint density at radius 2 is 1.04 bits per heavy atom. The van der Waals surface area contributed by atoms with Crippen LogP contribution in [0.15, 0.2) is 70.6 Å². The van der Waals surface area contributed by atoms with Crippen molar-refractivity contribution >= 4 is 65.2 Å². The van der Waals surface area contributed by atoms with Crippen molar-refractivity contribution in [3.63, 3.8) is 0 Å². The first kappa shape index (κ1) is 21.5. The predicted molar refractivity (Wildman–Crippen MR) is 128 cm³/mol. The first-order chi connectivity index (χ1) is 12.8. The Morgan fingerprint density at radius 1 is 0.654 bits per heavy atom. The lowest BCUT2D eigenvalue weighted by Crippen LogP contribution is -1.90. The lowest BCUT2D eigenvalue weighted by atomic mass is 10.3. The van der Waals surface area contributed by atoms with Crippen LogP contribution in [0.4, 0.5) is 11.4 Å². The third-order valence-corrected chi connectivity index (χ3v) is 8.49. The predicted octanol–water partition coefficient (Wildman–Crippen LogP) is 8.03. The van der Waals surface area contributed by atoms with Crippen LogP contribution in [-0.2, 0) is 0 Å². The number of rotatable bonds is 6. The topological polar surface area (TPSA) is 24.7 Å². The first-order valence-corrected chi connectivity index (χ1v) is 12.8. The van der Waals surface area contributed by atoms with E-state index >= 15 is 0 Å². The molecule has 0 fully saturated rings. The van der Waals surface area contributed by atoms with Crippen molar-refractivity contribution in [3.05, 3.63) is 60.7 Å². The van der Waals surface area contributed by atoms with Gasteiger partial charge in [0.05, 0.1) is 11.4 Å². The smallest absolute Gasteiger partial charge is 0.141 e. The summed E-state index contributed by atoms with van der Waals surface area (Å²) in [5, 5.41) is 0. The molecule has 138 valence electrons. The van der Waals surface area contributed by atoms with Gasteiger partial charge >= 0.3 is 0 Å². The highest BCUT2D eigenvalue weighted by Crippen LogP contribution is 2.37. The van der Waals surface area contributed by atoms with Crippen LogP contribution >= 0.6 is 45.1 Å². The van der Waals surface area contributed by atoms with Gasteiger partial charge in [-0.15, -0.1) is 0 Å². The highest BCUT2D eigenvalue weighted by molar-refractivity contribution is 8.93. The molecular formula is C20H24N2S4. The highest BCUT2D eigenvalue weighted by atomic mass is 33.1. The van der Waals surface area contributed by atoms with E-state index in [2.05, 4.69) is 13.8 Å². The van der Waals surface area contributed by atoms with E-state index < -0.39 is 0 Å². The molecule has 0 aliphatic carbocycles. The second-order valence-corrected chi connectivity index (χ2v) is 10.1. The molecule has 0 bridgehead atoms. The molecule has 2 aromatic carbocycles. The van der Waals surface area contributed by atoms with E-state index in [1.807, 2.05) is 84.2 Å². The minimum absolute atomic E-state index is 1.00. The Morgan fingerprint density at radius 3 is 1.38 bits per heavy atom. The van der Waals surface area contributed by atoms with E-state index in [0.717, 1.165) is 44.5 Å². The van der Waals surface area contributed by atoms with Gasteiger partial charge in [-0.3, -0.25) is 0 Å². The maximum atomic E-state index is 4.81. The standard InChI is InChI=1S/C20H24N2S4/c1-3-15-23-19(21-17-11-7-5-8-12-17)25-26-20(24-16-4-2)22-18-13-9-6-10-14-18/h5-14H,3-4,15-16H2,1-2H3. The molecule has 0 amide bonds. The van der Waals surface area contributed by atoms with Gasteiger partial charge in [-0.05, 0) is 70.2 Å². The van der Waals surface area contributed by atoms with Crippen LogP contribution in [0.3, 0.4) is 0 Å². The van der Waals surface area contributed by atoms with Crippen LogP contribution in [0.1, 0.15) is 26.7 Å². The maximum Gasteiger partial charge on any atom is 0.141 e. The minimum atomic E-state index is 1.00. The second kappa shape index (κ2) is 13.4. The molecule has 0 aliphatic heterocycles. The molecular weight excluding hydrogens is 397 g/mol. The molecule has 26 heavy (non-hydrogen) atoms. The summed E-state index contributed by atoms with van der Waals surface area (Å²) >= 11 is 3.63. The average molecular weight is 421 g/mol. The van der Waals surface area contributed by atoms with E-state index in [9.17, 15) is 0 Å². The SMILES string of the molecule is CCCSC(=Nc1ccccc1)SSC(=Nc1ccccc1)SCCC. The molecule has 0 saturated carbocycles. The molecule has 0 aromatic heterocycles. The third kappa shape index (κ3) is 8.71. The number of para-hydroxylation sites is 2. The van der Waals surface area contributed by atoms with Crippen LogP contribution in [-0.4, -0.2) is 20.3 Å². The molecule has 0 aliphatic rings. The third-order valence-electron chi connectivity index (χ3n) is 3.00. The summed E-state index contributed by atoms with van der Waals surface area (Å²) in [6.07, 6.45) is 2.28. The largest absolute Gasteiger partial charge is 0.234 e. The normalized spacial score (nSPS) is 12.4. The van der Waals surface area contributed by atoms with Gasteiger partial charge in [0.2, 0.25) is 0 Å². The second-order valence-electron chi connectivity index (χ2n) is 5.29. The zero-order valence-electron chi connectivity index (χ0n) is 15.1. The van der Waals surface area contributed by atoms with Crippen LogP contribution in [0, 0.1) is 0 Å². The fraction of sp³-hybridized carbons (Fsp3) is 0.300.